The van der Waals surface area contributed by atoms with Gasteiger partial charge in [-0.1, -0.05) is 12.1 Å². The Hall–Kier alpha value is -3.10. The van der Waals surface area contributed by atoms with Crippen molar-refractivity contribution in [2.75, 3.05) is 11.9 Å². The lowest BCUT2D eigenvalue weighted by Gasteiger charge is -2.09. The van der Waals surface area contributed by atoms with E-state index >= 15 is 0 Å². The van der Waals surface area contributed by atoms with Crippen LogP contribution in [0.15, 0.2) is 47.6 Å². The number of aromatic nitrogens is 1. The van der Waals surface area contributed by atoms with Gasteiger partial charge in [-0.3, -0.25) is 9.78 Å². The molecule has 2 heterocycles. The molecule has 0 saturated carbocycles. The average Bonchev–Trinajstić information content (AvgIpc) is 3.06. The lowest BCUT2D eigenvalue weighted by molar-refractivity contribution is -0.137. The summed E-state index contributed by atoms with van der Waals surface area (Å²) in [7, 11) is 0. The van der Waals surface area contributed by atoms with Crippen LogP contribution in [-0.2, 0) is 17.3 Å². The van der Waals surface area contributed by atoms with Crippen molar-refractivity contribution < 1.29 is 22.7 Å². The third-order valence-corrected chi connectivity index (χ3v) is 4.03. The number of carbonyl (C=O) groups excluding carboxylic acids is 1. The highest BCUT2D eigenvalue weighted by Gasteiger charge is 2.30. The van der Waals surface area contributed by atoms with Gasteiger partial charge < -0.3 is 15.8 Å². The predicted molar refractivity (Wildman–Crippen MR) is 93.3 cm³/mol. The highest BCUT2D eigenvalue weighted by Crippen LogP contribution is 2.28. The van der Waals surface area contributed by atoms with E-state index in [4.69, 9.17) is 10.5 Å². The molecular formula is C18H17F3N4O2. The minimum absolute atomic E-state index is 0.0510. The van der Waals surface area contributed by atoms with E-state index < -0.39 is 17.6 Å². The topological polar surface area (TPSA) is 89.6 Å². The maximum atomic E-state index is 12.5. The van der Waals surface area contributed by atoms with Crippen molar-refractivity contribution in [1.29, 1.82) is 0 Å². The van der Waals surface area contributed by atoms with Crippen LogP contribution in [0.5, 0.6) is 0 Å². The number of amides is 1. The first kappa shape index (κ1) is 18.7. The van der Waals surface area contributed by atoms with E-state index in [-0.39, 0.29) is 17.8 Å². The molecule has 3 rings (SSSR count). The van der Waals surface area contributed by atoms with Gasteiger partial charge in [-0.2, -0.15) is 13.2 Å². The zero-order valence-corrected chi connectivity index (χ0v) is 14.2. The van der Waals surface area contributed by atoms with Crippen LogP contribution in [0.2, 0.25) is 0 Å². The summed E-state index contributed by atoms with van der Waals surface area (Å²) >= 11 is 0. The van der Waals surface area contributed by atoms with Crippen LogP contribution in [0.3, 0.4) is 0 Å². The molecule has 1 atom stereocenters. The number of hydrogen-bond acceptors (Lipinski definition) is 5. The van der Waals surface area contributed by atoms with Gasteiger partial charge in [0.05, 0.1) is 11.6 Å². The second kappa shape index (κ2) is 7.65. The number of nitrogens with zero attached hydrogens (tertiary/aromatic N) is 2. The standard InChI is InChI=1S/C18H17F3N4O2/c19-18(20,21)12-4-8-15(23-9-12)16(26)24-13-5-1-11(2-6-13)3-7-14-10-27-17(22)25-14/h1-2,4-6,8-9,14H,3,7,10H2,(H2,22,25)(H,24,26). The number of halogens is 3. The van der Waals surface area contributed by atoms with Crippen LogP contribution in [0, 0.1) is 0 Å². The SMILES string of the molecule is NC1=NC(CCc2ccc(NC(=O)c3ccc(C(F)(F)F)cn3)cc2)CO1. The monoisotopic (exact) mass is 378 g/mol. The number of hydrogen-bond donors (Lipinski definition) is 2. The van der Waals surface area contributed by atoms with Gasteiger partial charge in [0.25, 0.3) is 11.9 Å². The smallest absolute Gasteiger partial charge is 0.417 e. The lowest BCUT2D eigenvalue weighted by atomic mass is 10.1. The first-order chi connectivity index (χ1) is 12.8. The number of nitrogens with one attached hydrogen (secondary N) is 1. The molecule has 1 unspecified atom stereocenters. The lowest BCUT2D eigenvalue weighted by Crippen LogP contribution is -2.15. The number of benzene rings is 1. The Morgan fingerprint density at radius 3 is 2.52 bits per heavy atom. The van der Waals surface area contributed by atoms with Gasteiger partial charge in [-0.05, 0) is 42.7 Å². The number of alkyl halides is 3. The first-order valence-corrected chi connectivity index (χ1v) is 8.21. The van der Waals surface area contributed by atoms with E-state index in [2.05, 4.69) is 15.3 Å². The maximum Gasteiger partial charge on any atom is 0.417 e. The number of carbonyl (C=O) groups is 1. The Kier molecular flexibility index (Phi) is 5.29. The van der Waals surface area contributed by atoms with Crippen LogP contribution in [0.25, 0.3) is 0 Å². The number of aliphatic imine (C=N–C) groups is 1. The molecule has 0 fully saturated rings. The number of pyridine rings is 1. The Morgan fingerprint density at radius 2 is 1.96 bits per heavy atom. The fourth-order valence-electron chi connectivity index (χ4n) is 2.56. The van der Waals surface area contributed by atoms with Crippen LogP contribution >= 0.6 is 0 Å². The molecule has 27 heavy (non-hydrogen) atoms. The molecule has 0 bridgehead atoms. The Bertz CT molecular complexity index is 833. The number of aryl methyl sites for hydroxylation is 1. The molecule has 1 aromatic heterocycles. The molecule has 9 heteroatoms. The second-order valence-electron chi connectivity index (χ2n) is 6.05. The summed E-state index contributed by atoms with van der Waals surface area (Å²) in [6.45, 7) is 0.486. The van der Waals surface area contributed by atoms with Gasteiger partial charge in [-0.25, -0.2) is 4.99 Å². The third kappa shape index (κ3) is 4.96. The summed E-state index contributed by atoms with van der Waals surface area (Å²) < 4.78 is 42.7. The number of anilines is 1. The Labute approximate surface area is 153 Å². The number of rotatable bonds is 5. The molecule has 6 nitrogen and oxygen atoms in total. The van der Waals surface area contributed by atoms with Crippen molar-refractivity contribution >= 4 is 17.6 Å². The molecule has 1 aliphatic rings. The molecule has 3 N–H and O–H groups in total. The minimum Gasteiger partial charge on any atom is -0.463 e. The molecule has 0 aliphatic carbocycles. The van der Waals surface area contributed by atoms with Gasteiger partial charge >= 0.3 is 6.18 Å². The predicted octanol–water partition coefficient (Wildman–Crippen LogP) is 3.00. The number of ether oxygens (including phenoxy) is 1. The van der Waals surface area contributed by atoms with Crippen LogP contribution < -0.4 is 11.1 Å². The third-order valence-electron chi connectivity index (χ3n) is 4.03. The van der Waals surface area contributed by atoms with E-state index in [1.165, 1.54) is 0 Å². The highest BCUT2D eigenvalue weighted by atomic mass is 19.4. The quantitative estimate of drug-likeness (QED) is 0.837. The summed E-state index contributed by atoms with van der Waals surface area (Å²) in [6, 6.07) is 9.30. The van der Waals surface area contributed by atoms with E-state index in [1.54, 1.807) is 12.1 Å². The van der Waals surface area contributed by atoms with Crippen molar-refractivity contribution in [2.24, 2.45) is 10.7 Å². The average molecular weight is 378 g/mol. The zero-order chi connectivity index (χ0) is 19.4. The molecule has 0 radical (unpaired) electrons. The maximum absolute atomic E-state index is 12.5. The summed E-state index contributed by atoms with van der Waals surface area (Å²) in [5.41, 5.74) is 6.05. The van der Waals surface area contributed by atoms with Crippen molar-refractivity contribution in [1.82, 2.24) is 4.98 Å². The number of nitrogens with two attached hydrogens (primary N) is 1. The van der Waals surface area contributed by atoms with E-state index in [9.17, 15) is 18.0 Å². The van der Waals surface area contributed by atoms with Crippen molar-refractivity contribution in [3.63, 3.8) is 0 Å². The van der Waals surface area contributed by atoms with Crippen molar-refractivity contribution in [2.45, 2.75) is 25.1 Å². The van der Waals surface area contributed by atoms with Crippen molar-refractivity contribution in [3.05, 3.63) is 59.4 Å². The molecule has 0 saturated heterocycles. The van der Waals surface area contributed by atoms with Gasteiger partial charge in [0.2, 0.25) is 0 Å². The normalized spacial score (nSPS) is 16.6. The van der Waals surface area contributed by atoms with E-state index in [1.807, 2.05) is 12.1 Å². The molecule has 142 valence electrons. The van der Waals surface area contributed by atoms with Crippen LogP contribution in [0.1, 0.15) is 28.0 Å². The van der Waals surface area contributed by atoms with Crippen molar-refractivity contribution in [3.8, 4) is 0 Å². The molecule has 0 spiro atoms. The molecule has 2 aromatic rings. The fourth-order valence-corrected chi connectivity index (χ4v) is 2.56. The summed E-state index contributed by atoms with van der Waals surface area (Å²) in [5.74, 6) is -0.579. The van der Waals surface area contributed by atoms with Crippen LogP contribution in [-0.4, -0.2) is 29.6 Å². The fraction of sp³-hybridized carbons (Fsp3) is 0.278. The van der Waals surface area contributed by atoms with Crippen LogP contribution in [0.4, 0.5) is 18.9 Å². The Morgan fingerprint density at radius 1 is 1.22 bits per heavy atom. The summed E-state index contributed by atoms with van der Waals surface area (Å²) in [4.78, 5) is 19.8. The molecule has 1 aromatic carbocycles. The minimum atomic E-state index is -4.49. The van der Waals surface area contributed by atoms with Gasteiger partial charge in [0, 0.05) is 11.9 Å². The molecule has 1 aliphatic heterocycles. The summed E-state index contributed by atoms with van der Waals surface area (Å²) in [6.07, 6.45) is -2.28. The first-order valence-electron chi connectivity index (χ1n) is 8.21. The molecular weight excluding hydrogens is 361 g/mol. The second-order valence-corrected chi connectivity index (χ2v) is 6.05. The summed E-state index contributed by atoms with van der Waals surface area (Å²) in [5, 5.41) is 2.61. The van der Waals surface area contributed by atoms with E-state index in [0.717, 1.165) is 30.5 Å². The highest BCUT2D eigenvalue weighted by molar-refractivity contribution is 6.02. The van der Waals surface area contributed by atoms with E-state index in [0.29, 0.717) is 18.5 Å². The van der Waals surface area contributed by atoms with Gasteiger partial charge in [-0.15, -0.1) is 0 Å². The van der Waals surface area contributed by atoms with Gasteiger partial charge in [0.15, 0.2) is 0 Å². The zero-order valence-electron chi connectivity index (χ0n) is 14.2. The molecule has 1 amide bonds. The van der Waals surface area contributed by atoms with Gasteiger partial charge in [0.1, 0.15) is 12.3 Å². The Balaban J connectivity index is 1.55. The largest absolute Gasteiger partial charge is 0.463 e. The number of amidine groups is 1.